The Morgan fingerprint density at radius 3 is 2.10 bits per heavy atom. The summed E-state index contributed by atoms with van der Waals surface area (Å²) in [4.78, 5) is 0. The molecule has 0 unspecified atom stereocenters. The number of benzene rings is 2. The Morgan fingerprint density at radius 1 is 0.903 bits per heavy atom. The molecular formula is C25H24F6. The quantitative estimate of drug-likeness (QED) is 0.326. The largest absolute Gasteiger partial charge is 0.458 e. The first-order chi connectivity index (χ1) is 14.7. The molecule has 0 heterocycles. The van der Waals surface area contributed by atoms with Crippen LogP contribution in [0.25, 0.3) is 11.1 Å². The smallest absolute Gasteiger partial charge is 0.206 e. The zero-order valence-electron chi connectivity index (χ0n) is 17.3. The number of unbranched alkanes of at least 4 members (excludes halogenated alkanes) is 1. The maximum absolute atomic E-state index is 14.8. The first kappa shape index (κ1) is 23.2. The molecule has 0 nitrogen and oxygen atoms in total. The van der Waals surface area contributed by atoms with E-state index in [0.29, 0.717) is 0 Å². The highest BCUT2D eigenvalue weighted by Gasteiger charge is 2.25. The zero-order chi connectivity index (χ0) is 22.6. The summed E-state index contributed by atoms with van der Waals surface area (Å²) in [5.74, 6) is 0.156. The van der Waals surface area contributed by atoms with E-state index in [1.54, 1.807) is 6.07 Å². The van der Waals surface area contributed by atoms with E-state index in [4.69, 9.17) is 0 Å². The SMILES string of the molecule is CCCCC1CCC(c2ccc(-c3cc(F)c(C#CC(F)(F)F)c(F)c3)c(F)c2)CC1. The van der Waals surface area contributed by atoms with E-state index in [1.165, 1.54) is 37.3 Å². The number of hydrogen-bond donors (Lipinski definition) is 0. The van der Waals surface area contributed by atoms with Crippen molar-refractivity contribution in [2.45, 2.75) is 64.0 Å². The molecule has 1 aliphatic carbocycles. The third kappa shape index (κ3) is 6.06. The van der Waals surface area contributed by atoms with E-state index in [1.807, 2.05) is 0 Å². The molecule has 1 saturated carbocycles. The number of halogens is 6. The molecule has 1 fully saturated rings. The van der Waals surface area contributed by atoms with Crippen molar-refractivity contribution in [3.05, 3.63) is 58.9 Å². The Labute approximate surface area is 178 Å². The zero-order valence-corrected chi connectivity index (χ0v) is 17.3. The molecule has 0 saturated heterocycles. The van der Waals surface area contributed by atoms with E-state index in [0.717, 1.165) is 55.2 Å². The molecule has 3 rings (SSSR count). The van der Waals surface area contributed by atoms with Gasteiger partial charge in [-0.3, -0.25) is 0 Å². The monoisotopic (exact) mass is 438 g/mol. The summed E-state index contributed by atoms with van der Waals surface area (Å²) in [6.07, 6.45) is 2.99. The molecule has 0 radical (unpaired) electrons. The van der Waals surface area contributed by atoms with Gasteiger partial charge >= 0.3 is 6.18 Å². The van der Waals surface area contributed by atoms with Crippen molar-refractivity contribution in [3.63, 3.8) is 0 Å². The van der Waals surface area contributed by atoms with Gasteiger partial charge < -0.3 is 0 Å². The Balaban J connectivity index is 1.78. The predicted octanol–water partition coefficient (Wildman–Crippen LogP) is 8.15. The number of rotatable bonds is 5. The predicted molar refractivity (Wildman–Crippen MR) is 109 cm³/mol. The molecule has 0 N–H and O–H groups in total. The van der Waals surface area contributed by atoms with Crippen molar-refractivity contribution in [2.24, 2.45) is 5.92 Å². The van der Waals surface area contributed by atoms with Gasteiger partial charge in [0.05, 0.1) is 5.56 Å². The summed E-state index contributed by atoms with van der Waals surface area (Å²) in [6.45, 7) is 2.18. The Morgan fingerprint density at radius 2 is 1.55 bits per heavy atom. The molecule has 0 atom stereocenters. The van der Waals surface area contributed by atoms with Crippen LogP contribution in [0.5, 0.6) is 0 Å². The second kappa shape index (κ2) is 9.80. The van der Waals surface area contributed by atoms with Gasteiger partial charge in [0.15, 0.2) is 0 Å². The van der Waals surface area contributed by atoms with Crippen LogP contribution in [-0.2, 0) is 0 Å². The second-order valence-corrected chi connectivity index (χ2v) is 8.16. The lowest BCUT2D eigenvalue weighted by Crippen LogP contribution is -2.13. The minimum absolute atomic E-state index is 0.00601. The van der Waals surface area contributed by atoms with Gasteiger partial charge in [0.25, 0.3) is 0 Å². The fourth-order valence-electron chi connectivity index (χ4n) is 4.28. The molecule has 1 aliphatic rings. The minimum atomic E-state index is -4.87. The van der Waals surface area contributed by atoms with E-state index in [2.05, 4.69) is 6.92 Å². The average Bonchev–Trinajstić information content (AvgIpc) is 2.71. The van der Waals surface area contributed by atoms with E-state index < -0.39 is 29.2 Å². The summed E-state index contributed by atoms with van der Waals surface area (Å²) in [6, 6.07) is 6.26. The summed E-state index contributed by atoms with van der Waals surface area (Å²) in [5.41, 5.74) is -0.213. The molecule has 0 bridgehead atoms. The maximum atomic E-state index is 14.8. The normalized spacial score (nSPS) is 19.1. The van der Waals surface area contributed by atoms with Crippen molar-refractivity contribution in [1.29, 1.82) is 0 Å². The van der Waals surface area contributed by atoms with Crippen molar-refractivity contribution < 1.29 is 26.3 Å². The molecule has 0 aliphatic heterocycles. The average molecular weight is 438 g/mol. The highest BCUT2D eigenvalue weighted by Crippen LogP contribution is 2.39. The van der Waals surface area contributed by atoms with Gasteiger partial charge in [-0.05, 0) is 66.8 Å². The standard InChI is InChI=1S/C25H24F6/c1-2-3-4-16-5-7-17(8-6-16)18-9-10-20(22(26)13-18)19-14-23(27)21(24(28)15-19)11-12-25(29,30)31/h9-10,13-17H,2-8H2,1H3. The van der Waals surface area contributed by atoms with E-state index in [9.17, 15) is 26.3 Å². The summed E-state index contributed by atoms with van der Waals surface area (Å²) < 4.78 is 79.7. The van der Waals surface area contributed by atoms with Crippen molar-refractivity contribution in [1.82, 2.24) is 0 Å². The molecule has 0 aromatic heterocycles. The van der Waals surface area contributed by atoms with Gasteiger partial charge in [0.1, 0.15) is 17.5 Å². The van der Waals surface area contributed by atoms with E-state index >= 15 is 0 Å². The second-order valence-electron chi connectivity index (χ2n) is 8.16. The lowest BCUT2D eigenvalue weighted by atomic mass is 9.77. The van der Waals surface area contributed by atoms with Gasteiger partial charge in [-0.1, -0.05) is 44.2 Å². The molecular weight excluding hydrogens is 414 g/mol. The Bertz CT molecular complexity index is 949. The first-order valence-corrected chi connectivity index (χ1v) is 10.6. The van der Waals surface area contributed by atoms with Gasteiger partial charge in [-0.15, -0.1) is 0 Å². The van der Waals surface area contributed by atoms with Crippen LogP contribution >= 0.6 is 0 Å². The molecule has 0 spiro atoms. The Kier molecular flexibility index (Phi) is 7.35. The summed E-state index contributed by atoms with van der Waals surface area (Å²) in [7, 11) is 0. The highest BCUT2D eigenvalue weighted by molar-refractivity contribution is 5.66. The fourth-order valence-corrected chi connectivity index (χ4v) is 4.28. The van der Waals surface area contributed by atoms with Crippen LogP contribution in [0, 0.1) is 35.2 Å². The molecule has 0 amide bonds. The summed E-state index contributed by atoms with van der Waals surface area (Å²) in [5, 5.41) is 0. The van der Waals surface area contributed by atoms with Crippen LogP contribution in [0.2, 0.25) is 0 Å². The van der Waals surface area contributed by atoms with Crippen LogP contribution in [0.3, 0.4) is 0 Å². The lowest BCUT2D eigenvalue weighted by molar-refractivity contribution is -0.0696. The third-order valence-electron chi connectivity index (χ3n) is 5.96. The number of hydrogen-bond acceptors (Lipinski definition) is 0. The molecule has 2 aromatic carbocycles. The Hall–Kier alpha value is -2.42. The number of alkyl halides is 3. The van der Waals surface area contributed by atoms with Crippen LogP contribution in [-0.4, -0.2) is 6.18 Å². The first-order valence-electron chi connectivity index (χ1n) is 10.6. The minimum Gasteiger partial charge on any atom is -0.206 e. The van der Waals surface area contributed by atoms with Crippen molar-refractivity contribution in [2.75, 3.05) is 0 Å². The molecule has 6 heteroatoms. The third-order valence-corrected chi connectivity index (χ3v) is 5.96. The van der Waals surface area contributed by atoms with Gasteiger partial charge in [-0.2, -0.15) is 13.2 Å². The van der Waals surface area contributed by atoms with Crippen molar-refractivity contribution in [3.8, 4) is 23.0 Å². The van der Waals surface area contributed by atoms with Gasteiger partial charge in [-0.25, -0.2) is 13.2 Å². The molecule has 2 aromatic rings. The van der Waals surface area contributed by atoms with Crippen LogP contribution in [0.15, 0.2) is 30.3 Å². The van der Waals surface area contributed by atoms with Crippen molar-refractivity contribution >= 4 is 0 Å². The molecule has 166 valence electrons. The highest BCUT2D eigenvalue weighted by atomic mass is 19.4. The van der Waals surface area contributed by atoms with Crippen LogP contribution in [0.4, 0.5) is 26.3 Å². The van der Waals surface area contributed by atoms with Gasteiger partial charge in [0, 0.05) is 11.5 Å². The van der Waals surface area contributed by atoms with Gasteiger partial charge in [0.2, 0.25) is 0 Å². The maximum Gasteiger partial charge on any atom is 0.458 e. The van der Waals surface area contributed by atoms with Crippen LogP contribution < -0.4 is 0 Å². The lowest BCUT2D eigenvalue weighted by Gasteiger charge is -2.29. The van der Waals surface area contributed by atoms with Crippen LogP contribution in [0.1, 0.15) is 68.9 Å². The molecule has 31 heavy (non-hydrogen) atoms. The fraction of sp³-hybridized carbons (Fsp3) is 0.440. The van der Waals surface area contributed by atoms with E-state index in [-0.39, 0.29) is 17.0 Å². The summed E-state index contributed by atoms with van der Waals surface area (Å²) >= 11 is 0. The topological polar surface area (TPSA) is 0 Å².